The van der Waals surface area contributed by atoms with Crippen molar-refractivity contribution in [3.05, 3.63) is 67.4 Å². The van der Waals surface area contributed by atoms with Crippen molar-refractivity contribution >= 4 is 21.9 Å². The van der Waals surface area contributed by atoms with E-state index in [0.717, 1.165) is 10.0 Å². The van der Waals surface area contributed by atoms with Crippen molar-refractivity contribution in [3.8, 4) is 5.88 Å². The molecule has 0 saturated heterocycles. The molecule has 25 heavy (non-hydrogen) atoms. The van der Waals surface area contributed by atoms with Crippen LogP contribution in [-0.2, 0) is 9.53 Å². The minimum atomic E-state index is -0.614. The first-order chi connectivity index (χ1) is 11.9. The summed E-state index contributed by atoms with van der Waals surface area (Å²) in [5, 5.41) is 0. The molecule has 0 aliphatic carbocycles. The van der Waals surface area contributed by atoms with Crippen LogP contribution in [0.3, 0.4) is 0 Å². The number of carbonyl (C=O) groups is 1. The van der Waals surface area contributed by atoms with Gasteiger partial charge in [0.05, 0.1) is 23.7 Å². The number of aromatic amines is 1. The molecule has 1 aliphatic rings. The second-order valence-corrected chi connectivity index (χ2v) is 6.57. The van der Waals surface area contributed by atoms with Gasteiger partial charge in [-0.15, -0.1) is 0 Å². The van der Waals surface area contributed by atoms with E-state index in [1.807, 2.05) is 24.3 Å². The molecule has 1 aromatic heterocycles. The van der Waals surface area contributed by atoms with Gasteiger partial charge in [0.15, 0.2) is 0 Å². The Bertz CT molecular complexity index is 933. The van der Waals surface area contributed by atoms with E-state index in [0.29, 0.717) is 22.7 Å². The molecule has 2 heterocycles. The van der Waals surface area contributed by atoms with Crippen molar-refractivity contribution in [2.45, 2.75) is 26.7 Å². The Morgan fingerprint density at radius 1 is 1.40 bits per heavy atom. The molecule has 130 valence electrons. The molecule has 0 spiro atoms. The van der Waals surface area contributed by atoms with Crippen LogP contribution in [0.5, 0.6) is 5.88 Å². The van der Waals surface area contributed by atoms with Crippen LogP contribution in [0.1, 0.15) is 36.7 Å². The number of aryl methyl sites for hydroxylation is 1. The van der Waals surface area contributed by atoms with Gasteiger partial charge in [0, 0.05) is 4.47 Å². The molecule has 7 heteroatoms. The number of esters is 1. The molecule has 1 N–H and O–H groups in total. The number of ether oxygens (including phenoxy) is 2. The number of allylic oxidation sites excluding steroid dienone is 1. The highest BCUT2D eigenvalue weighted by atomic mass is 79.9. The van der Waals surface area contributed by atoms with Crippen molar-refractivity contribution in [2.75, 3.05) is 6.61 Å². The lowest BCUT2D eigenvalue weighted by Crippen LogP contribution is -2.30. The Morgan fingerprint density at radius 3 is 2.84 bits per heavy atom. The van der Waals surface area contributed by atoms with Crippen LogP contribution in [-0.4, -0.2) is 22.5 Å². The van der Waals surface area contributed by atoms with Gasteiger partial charge in [-0.1, -0.05) is 28.1 Å². The lowest BCUT2D eigenvalue weighted by molar-refractivity contribution is -0.139. The summed E-state index contributed by atoms with van der Waals surface area (Å²) in [6.07, 6.45) is 0. The minimum Gasteiger partial charge on any atom is -0.463 e. The average Bonchev–Trinajstić information content (AvgIpc) is 2.53. The molecule has 0 radical (unpaired) electrons. The quantitative estimate of drug-likeness (QED) is 0.794. The molecule has 1 unspecified atom stereocenters. The predicted octanol–water partition coefficient (Wildman–Crippen LogP) is 3.20. The van der Waals surface area contributed by atoms with Gasteiger partial charge in [0.1, 0.15) is 11.6 Å². The Kier molecular flexibility index (Phi) is 4.76. The largest absolute Gasteiger partial charge is 0.463 e. The normalized spacial score (nSPS) is 16.2. The second kappa shape index (κ2) is 6.84. The fourth-order valence-electron chi connectivity index (χ4n) is 2.94. The van der Waals surface area contributed by atoms with E-state index in [2.05, 4.69) is 25.9 Å². The number of rotatable bonds is 3. The molecule has 2 aromatic rings. The number of hydrogen-bond acceptors (Lipinski definition) is 5. The van der Waals surface area contributed by atoms with Gasteiger partial charge in [-0.2, -0.15) is 4.98 Å². The summed E-state index contributed by atoms with van der Waals surface area (Å²) in [7, 11) is 0. The van der Waals surface area contributed by atoms with E-state index in [1.54, 1.807) is 20.8 Å². The summed E-state index contributed by atoms with van der Waals surface area (Å²) >= 11 is 3.44. The molecule has 1 aromatic carbocycles. The lowest BCUT2D eigenvalue weighted by atomic mass is 9.83. The van der Waals surface area contributed by atoms with Gasteiger partial charge in [-0.25, -0.2) is 4.79 Å². The highest BCUT2D eigenvalue weighted by Crippen LogP contribution is 2.41. The fourth-order valence-corrected chi connectivity index (χ4v) is 3.36. The fraction of sp³-hybridized carbons (Fsp3) is 0.278. The van der Waals surface area contributed by atoms with E-state index >= 15 is 0 Å². The van der Waals surface area contributed by atoms with Gasteiger partial charge in [0.2, 0.25) is 5.88 Å². The molecule has 0 fully saturated rings. The zero-order valence-corrected chi connectivity index (χ0v) is 15.6. The molecule has 1 atom stereocenters. The van der Waals surface area contributed by atoms with E-state index < -0.39 is 11.9 Å². The third-order valence-electron chi connectivity index (χ3n) is 3.92. The minimum absolute atomic E-state index is 0.219. The maximum Gasteiger partial charge on any atom is 0.338 e. The van der Waals surface area contributed by atoms with Gasteiger partial charge >= 0.3 is 5.97 Å². The first-order valence-electron chi connectivity index (χ1n) is 7.84. The van der Waals surface area contributed by atoms with Crippen LogP contribution >= 0.6 is 15.9 Å². The Hall–Kier alpha value is -2.41. The number of hydrogen-bond donors (Lipinski definition) is 1. The van der Waals surface area contributed by atoms with E-state index in [4.69, 9.17) is 9.47 Å². The second-order valence-electron chi connectivity index (χ2n) is 5.65. The SMILES string of the molecule is CCOC(=O)C1=C(C)Oc2nc(C)[nH]c(=O)c2C1c1cccc(Br)c1. The van der Waals surface area contributed by atoms with Crippen LogP contribution < -0.4 is 10.3 Å². The first kappa shape index (κ1) is 17.4. The first-order valence-corrected chi connectivity index (χ1v) is 8.63. The van der Waals surface area contributed by atoms with Crippen molar-refractivity contribution in [3.63, 3.8) is 0 Å². The Balaban J connectivity index is 2.28. The molecular weight excluding hydrogens is 388 g/mol. The van der Waals surface area contributed by atoms with Crippen molar-refractivity contribution in [1.82, 2.24) is 9.97 Å². The van der Waals surface area contributed by atoms with Crippen molar-refractivity contribution < 1.29 is 14.3 Å². The zero-order chi connectivity index (χ0) is 18.1. The lowest BCUT2D eigenvalue weighted by Gasteiger charge is -2.27. The third kappa shape index (κ3) is 3.24. The molecule has 1 aliphatic heterocycles. The van der Waals surface area contributed by atoms with Crippen LogP contribution in [0, 0.1) is 6.92 Å². The molecule has 0 saturated carbocycles. The van der Waals surface area contributed by atoms with Crippen LogP contribution in [0.2, 0.25) is 0 Å². The van der Waals surface area contributed by atoms with E-state index in [-0.39, 0.29) is 18.0 Å². The van der Waals surface area contributed by atoms with Crippen LogP contribution in [0.4, 0.5) is 0 Å². The maximum absolute atomic E-state index is 12.6. The van der Waals surface area contributed by atoms with Crippen LogP contribution in [0.25, 0.3) is 0 Å². The average molecular weight is 405 g/mol. The van der Waals surface area contributed by atoms with Gasteiger partial charge in [-0.05, 0) is 38.5 Å². The number of aromatic nitrogens is 2. The Labute approximate surface area is 153 Å². The Morgan fingerprint density at radius 2 is 2.16 bits per heavy atom. The van der Waals surface area contributed by atoms with Gasteiger partial charge < -0.3 is 14.5 Å². The smallest absolute Gasteiger partial charge is 0.338 e. The molecule has 6 nitrogen and oxygen atoms in total. The van der Waals surface area contributed by atoms with Gasteiger partial charge in [0.25, 0.3) is 5.56 Å². The summed E-state index contributed by atoms with van der Waals surface area (Å²) < 4.78 is 11.7. The summed E-state index contributed by atoms with van der Waals surface area (Å²) in [6.45, 7) is 5.32. The topological polar surface area (TPSA) is 81.3 Å². The number of carbonyl (C=O) groups excluding carboxylic acids is 1. The monoisotopic (exact) mass is 404 g/mol. The highest BCUT2D eigenvalue weighted by molar-refractivity contribution is 9.10. The van der Waals surface area contributed by atoms with E-state index in [1.165, 1.54) is 0 Å². The number of fused-ring (bicyclic) bond motifs is 1. The molecule has 3 rings (SSSR count). The maximum atomic E-state index is 12.6. The number of nitrogens with one attached hydrogen (secondary N) is 1. The molecule has 0 amide bonds. The summed E-state index contributed by atoms with van der Waals surface area (Å²) in [4.78, 5) is 32.2. The van der Waals surface area contributed by atoms with E-state index in [9.17, 15) is 9.59 Å². The number of halogens is 1. The van der Waals surface area contributed by atoms with Gasteiger partial charge in [-0.3, -0.25) is 4.79 Å². The zero-order valence-electron chi connectivity index (χ0n) is 14.1. The van der Waals surface area contributed by atoms with Crippen molar-refractivity contribution in [2.24, 2.45) is 0 Å². The highest BCUT2D eigenvalue weighted by Gasteiger charge is 2.37. The number of nitrogens with zero attached hydrogens (tertiary/aromatic N) is 1. The van der Waals surface area contributed by atoms with Crippen molar-refractivity contribution in [1.29, 1.82) is 0 Å². The number of H-pyrrole nitrogens is 1. The summed E-state index contributed by atoms with van der Waals surface area (Å²) in [5.41, 5.74) is 1.06. The third-order valence-corrected chi connectivity index (χ3v) is 4.42. The van der Waals surface area contributed by atoms with Crippen LogP contribution in [0.15, 0.2) is 44.9 Å². The molecular formula is C18H17BrN2O4. The summed E-state index contributed by atoms with van der Waals surface area (Å²) in [5.74, 6) is -0.0675. The summed E-state index contributed by atoms with van der Waals surface area (Å²) in [6, 6.07) is 7.45. The standard InChI is InChI=1S/C18H17BrN2O4/c1-4-24-18(23)13-9(2)25-17-15(16(22)20-10(3)21-17)14(13)11-6-5-7-12(19)8-11/h5-8,14H,4H2,1-3H3,(H,20,21,22). The predicted molar refractivity (Wildman–Crippen MR) is 95.5 cm³/mol. The molecule has 0 bridgehead atoms. The number of benzene rings is 1.